The Hall–Kier alpha value is -1.69. The smallest absolute Gasteiger partial charge is 0.191 e. The molecule has 0 radical (unpaired) electrons. The number of hydrogen-bond acceptors (Lipinski definition) is 4. The lowest BCUT2D eigenvalue weighted by atomic mass is 10.2. The van der Waals surface area contributed by atoms with Crippen LogP contribution in [0.4, 0.5) is 5.69 Å². The van der Waals surface area contributed by atoms with Crippen molar-refractivity contribution in [3.05, 3.63) is 70.0 Å². The molecular formula is C17H16Cl2N4S. The average molecular weight is 379 g/mol. The van der Waals surface area contributed by atoms with Crippen LogP contribution in [0.2, 0.25) is 10.0 Å². The van der Waals surface area contributed by atoms with Crippen LogP contribution in [0.1, 0.15) is 11.4 Å². The standard InChI is InChI=1S/C17H16Cl2N4S/c1-23-16(10-20-14-8-6-13(18)7-9-14)21-22-17(23)24-11-12-4-2-3-5-15(12)19/h2-9,20H,10-11H2,1H3. The molecule has 0 saturated heterocycles. The van der Waals surface area contributed by atoms with Crippen LogP contribution in [0.25, 0.3) is 0 Å². The summed E-state index contributed by atoms with van der Waals surface area (Å²) in [5.74, 6) is 1.63. The number of benzene rings is 2. The molecule has 0 spiro atoms. The fourth-order valence-corrected chi connectivity index (χ4v) is 3.47. The third kappa shape index (κ3) is 4.23. The quantitative estimate of drug-likeness (QED) is 0.611. The van der Waals surface area contributed by atoms with Gasteiger partial charge in [-0.15, -0.1) is 10.2 Å². The lowest BCUT2D eigenvalue weighted by molar-refractivity contribution is 0.744. The van der Waals surface area contributed by atoms with Gasteiger partial charge in [0.25, 0.3) is 0 Å². The Morgan fingerprint density at radius 3 is 2.54 bits per heavy atom. The largest absolute Gasteiger partial charge is 0.378 e. The molecule has 0 saturated carbocycles. The molecule has 4 nitrogen and oxygen atoms in total. The normalized spacial score (nSPS) is 10.8. The van der Waals surface area contributed by atoms with Crippen molar-refractivity contribution in [1.82, 2.24) is 14.8 Å². The highest BCUT2D eigenvalue weighted by Gasteiger charge is 2.10. The summed E-state index contributed by atoms with van der Waals surface area (Å²) in [5, 5.41) is 14.2. The van der Waals surface area contributed by atoms with E-state index in [2.05, 4.69) is 15.5 Å². The van der Waals surface area contributed by atoms with Crippen LogP contribution in [0.3, 0.4) is 0 Å². The second-order valence-electron chi connectivity index (χ2n) is 5.20. The Kier molecular flexibility index (Phi) is 5.66. The Balaban J connectivity index is 1.61. The van der Waals surface area contributed by atoms with Crippen molar-refractivity contribution >= 4 is 40.7 Å². The van der Waals surface area contributed by atoms with Crippen molar-refractivity contribution in [3.63, 3.8) is 0 Å². The summed E-state index contributed by atoms with van der Waals surface area (Å²) in [5.41, 5.74) is 2.08. The zero-order valence-electron chi connectivity index (χ0n) is 13.0. The van der Waals surface area contributed by atoms with Gasteiger partial charge in [-0.3, -0.25) is 0 Å². The van der Waals surface area contributed by atoms with Gasteiger partial charge in [0.05, 0.1) is 6.54 Å². The molecule has 0 aliphatic rings. The predicted molar refractivity (Wildman–Crippen MR) is 101 cm³/mol. The van der Waals surface area contributed by atoms with Gasteiger partial charge in [0.2, 0.25) is 0 Å². The average Bonchev–Trinajstić information content (AvgIpc) is 2.94. The molecule has 0 aliphatic carbocycles. The molecule has 1 aromatic heterocycles. The number of hydrogen-bond donors (Lipinski definition) is 1. The van der Waals surface area contributed by atoms with Crippen molar-refractivity contribution in [2.45, 2.75) is 17.5 Å². The van der Waals surface area contributed by atoms with E-state index in [1.165, 1.54) is 0 Å². The molecule has 2 aromatic carbocycles. The molecule has 0 atom stereocenters. The molecule has 0 fully saturated rings. The molecule has 24 heavy (non-hydrogen) atoms. The van der Waals surface area contributed by atoms with Crippen LogP contribution in [0, 0.1) is 0 Å². The molecule has 0 aliphatic heterocycles. The highest BCUT2D eigenvalue weighted by Crippen LogP contribution is 2.25. The van der Waals surface area contributed by atoms with Gasteiger partial charge < -0.3 is 9.88 Å². The zero-order valence-corrected chi connectivity index (χ0v) is 15.4. The van der Waals surface area contributed by atoms with Crippen LogP contribution in [-0.2, 0) is 19.3 Å². The van der Waals surface area contributed by atoms with Gasteiger partial charge in [-0.25, -0.2) is 0 Å². The van der Waals surface area contributed by atoms with E-state index in [0.29, 0.717) is 6.54 Å². The SMILES string of the molecule is Cn1c(CNc2ccc(Cl)cc2)nnc1SCc1ccccc1Cl. The summed E-state index contributed by atoms with van der Waals surface area (Å²) in [4.78, 5) is 0. The van der Waals surface area contributed by atoms with Gasteiger partial charge in [-0.1, -0.05) is 53.2 Å². The summed E-state index contributed by atoms with van der Waals surface area (Å²) in [6, 6.07) is 15.4. The van der Waals surface area contributed by atoms with Crippen molar-refractivity contribution in [2.24, 2.45) is 7.05 Å². The molecular weight excluding hydrogens is 363 g/mol. The molecule has 3 rings (SSSR count). The summed E-state index contributed by atoms with van der Waals surface area (Å²) in [6.45, 7) is 0.595. The fourth-order valence-electron chi connectivity index (χ4n) is 2.13. The van der Waals surface area contributed by atoms with Crippen LogP contribution >= 0.6 is 35.0 Å². The zero-order chi connectivity index (χ0) is 16.9. The molecule has 0 amide bonds. The van der Waals surface area contributed by atoms with Gasteiger partial charge >= 0.3 is 0 Å². The predicted octanol–water partition coefficient (Wildman–Crippen LogP) is 5.03. The molecule has 0 bridgehead atoms. The maximum atomic E-state index is 6.19. The van der Waals surface area contributed by atoms with Gasteiger partial charge in [-0.05, 0) is 35.9 Å². The first kappa shape index (κ1) is 17.1. The number of anilines is 1. The van der Waals surface area contributed by atoms with E-state index in [9.17, 15) is 0 Å². The summed E-state index contributed by atoms with van der Waals surface area (Å²) >= 11 is 13.7. The maximum Gasteiger partial charge on any atom is 0.191 e. The molecule has 0 unspecified atom stereocenters. The Morgan fingerprint density at radius 1 is 1.04 bits per heavy atom. The van der Waals surface area contributed by atoms with Gasteiger partial charge in [0.15, 0.2) is 11.0 Å². The first-order valence-corrected chi connectivity index (χ1v) is 9.11. The first-order valence-electron chi connectivity index (χ1n) is 7.37. The second kappa shape index (κ2) is 7.92. The lowest BCUT2D eigenvalue weighted by Gasteiger charge is -2.07. The van der Waals surface area contributed by atoms with Crippen molar-refractivity contribution in [1.29, 1.82) is 0 Å². The topological polar surface area (TPSA) is 42.7 Å². The highest BCUT2D eigenvalue weighted by molar-refractivity contribution is 7.98. The number of thioether (sulfide) groups is 1. The fraction of sp³-hybridized carbons (Fsp3) is 0.176. The van der Waals surface area contributed by atoms with Crippen LogP contribution in [-0.4, -0.2) is 14.8 Å². The summed E-state index contributed by atoms with van der Waals surface area (Å²) in [6.07, 6.45) is 0. The summed E-state index contributed by atoms with van der Waals surface area (Å²) < 4.78 is 1.99. The van der Waals surface area contributed by atoms with Crippen LogP contribution in [0.5, 0.6) is 0 Å². The van der Waals surface area contributed by atoms with Crippen molar-refractivity contribution in [2.75, 3.05) is 5.32 Å². The van der Waals surface area contributed by atoms with E-state index in [1.807, 2.05) is 60.1 Å². The number of halogens is 2. The minimum absolute atomic E-state index is 0.595. The van der Waals surface area contributed by atoms with Crippen LogP contribution < -0.4 is 5.32 Å². The van der Waals surface area contributed by atoms with E-state index in [0.717, 1.165) is 38.0 Å². The Labute approximate surface area is 155 Å². The molecule has 3 aromatic rings. The Morgan fingerprint density at radius 2 is 1.79 bits per heavy atom. The lowest BCUT2D eigenvalue weighted by Crippen LogP contribution is -2.06. The van der Waals surface area contributed by atoms with Crippen LogP contribution in [0.15, 0.2) is 53.7 Å². The number of aromatic nitrogens is 3. The van der Waals surface area contributed by atoms with E-state index >= 15 is 0 Å². The third-order valence-corrected chi connectivity index (χ3v) is 5.22. The Bertz CT molecular complexity index is 818. The molecule has 1 N–H and O–H groups in total. The van der Waals surface area contributed by atoms with E-state index in [4.69, 9.17) is 23.2 Å². The van der Waals surface area contributed by atoms with E-state index < -0.39 is 0 Å². The first-order chi connectivity index (χ1) is 11.6. The maximum absolute atomic E-state index is 6.19. The molecule has 1 heterocycles. The minimum Gasteiger partial charge on any atom is -0.378 e. The summed E-state index contributed by atoms with van der Waals surface area (Å²) in [7, 11) is 1.97. The van der Waals surface area contributed by atoms with Crippen molar-refractivity contribution < 1.29 is 0 Å². The monoisotopic (exact) mass is 378 g/mol. The third-order valence-electron chi connectivity index (χ3n) is 3.53. The second-order valence-corrected chi connectivity index (χ2v) is 6.98. The van der Waals surface area contributed by atoms with Gasteiger partial charge in [-0.2, -0.15) is 0 Å². The molecule has 7 heteroatoms. The molecule has 124 valence electrons. The van der Waals surface area contributed by atoms with Crippen molar-refractivity contribution in [3.8, 4) is 0 Å². The minimum atomic E-state index is 0.595. The van der Waals surface area contributed by atoms with E-state index in [1.54, 1.807) is 11.8 Å². The van der Waals surface area contributed by atoms with Gasteiger partial charge in [0, 0.05) is 28.5 Å². The number of nitrogens with zero attached hydrogens (tertiary/aromatic N) is 3. The van der Waals surface area contributed by atoms with Gasteiger partial charge in [0.1, 0.15) is 0 Å². The number of rotatable bonds is 6. The highest BCUT2D eigenvalue weighted by atomic mass is 35.5. The van der Waals surface area contributed by atoms with E-state index in [-0.39, 0.29) is 0 Å². The number of nitrogens with one attached hydrogen (secondary N) is 1.